The van der Waals surface area contributed by atoms with Crippen molar-refractivity contribution in [1.29, 1.82) is 0 Å². The summed E-state index contributed by atoms with van der Waals surface area (Å²) in [4.78, 5) is 0. The second-order valence-corrected chi connectivity index (χ2v) is 2.71. The Balaban J connectivity index is 3.32. The van der Waals surface area contributed by atoms with Crippen molar-refractivity contribution in [3.8, 4) is 0 Å². The van der Waals surface area contributed by atoms with Crippen LogP contribution in [0.4, 0.5) is 10.1 Å². The maximum atomic E-state index is 12.9. The number of rotatable bonds is 0. The van der Waals surface area contributed by atoms with Gasteiger partial charge in [0.1, 0.15) is 5.82 Å². The Morgan fingerprint density at radius 3 is 3.00 bits per heavy atom. The largest absolute Gasteiger partial charge is 0.398 e. The van der Waals surface area contributed by atoms with E-state index < -0.39 is 12.7 Å². The van der Waals surface area contributed by atoms with Crippen LogP contribution in [-0.4, -0.2) is 0 Å². The minimum Gasteiger partial charge on any atom is -0.398 e. The molecule has 0 amide bonds. The SMILES string of the molecule is [2H]C([2H])([2H])c1cc(F)c(Br)cc1N. The summed E-state index contributed by atoms with van der Waals surface area (Å²) in [6.07, 6.45) is 0. The number of hydrogen-bond donors (Lipinski definition) is 1. The lowest BCUT2D eigenvalue weighted by molar-refractivity contribution is 0.620. The van der Waals surface area contributed by atoms with Crippen LogP contribution in [0.3, 0.4) is 0 Å². The summed E-state index contributed by atoms with van der Waals surface area (Å²) in [5.41, 5.74) is 5.32. The van der Waals surface area contributed by atoms with E-state index in [9.17, 15) is 4.39 Å². The van der Waals surface area contributed by atoms with Gasteiger partial charge in [0.15, 0.2) is 0 Å². The predicted molar refractivity (Wildman–Crippen MR) is 43.2 cm³/mol. The second-order valence-electron chi connectivity index (χ2n) is 1.85. The minimum atomic E-state index is -2.37. The third kappa shape index (κ3) is 1.29. The van der Waals surface area contributed by atoms with Gasteiger partial charge >= 0.3 is 0 Å². The molecule has 0 spiro atoms. The van der Waals surface area contributed by atoms with Gasteiger partial charge in [-0.25, -0.2) is 4.39 Å². The number of anilines is 1. The van der Waals surface area contributed by atoms with E-state index in [1.54, 1.807) is 0 Å². The third-order valence-corrected chi connectivity index (χ3v) is 1.70. The van der Waals surface area contributed by atoms with E-state index >= 15 is 0 Å². The molecule has 0 saturated heterocycles. The Morgan fingerprint density at radius 2 is 2.40 bits per heavy atom. The maximum Gasteiger partial charge on any atom is 0.137 e. The fraction of sp³-hybridized carbons (Fsp3) is 0.143. The summed E-state index contributed by atoms with van der Waals surface area (Å²) in [7, 11) is 0. The molecule has 0 heterocycles. The van der Waals surface area contributed by atoms with Crippen LogP contribution in [0.2, 0.25) is 0 Å². The molecule has 2 N–H and O–H groups in total. The van der Waals surface area contributed by atoms with Crippen LogP contribution < -0.4 is 5.73 Å². The zero-order valence-electron chi connectivity index (χ0n) is 7.99. The van der Waals surface area contributed by atoms with Gasteiger partial charge in [-0.2, -0.15) is 0 Å². The first kappa shape index (κ1) is 4.34. The molecule has 0 aliphatic carbocycles. The van der Waals surface area contributed by atoms with Gasteiger partial charge in [0.2, 0.25) is 0 Å². The molecule has 1 aromatic rings. The predicted octanol–water partition coefficient (Wildman–Crippen LogP) is 2.48. The van der Waals surface area contributed by atoms with Crippen molar-refractivity contribution in [2.45, 2.75) is 6.85 Å². The first-order chi connectivity index (χ1) is 5.82. The van der Waals surface area contributed by atoms with E-state index in [4.69, 9.17) is 9.85 Å². The average Bonchev–Trinajstić information content (AvgIpc) is 1.94. The van der Waals surface area contributed by atoms with Gasteiger partial charge in [0.25, 0.3) is 0 Å². The summed E-state index contributed by atoms with van der Waals surface area (Å²) in [5.74, 6) is -0.625. The number of nitrogen functional groups attached to an aromatic ring is 1. The van der Waals surface area contributed by atoms with Crippen molar-refractivity contribution in [2.24, 2.45) is 0 Å². The van der Waals surface area contributed by atoms with E-state index in [2.05, 4.69) is 15.9 Å². The van der Waals surface area contributed by atoms with Gasteiger partial charge in [0, 0.05) is 9.80 Å². The molecule has 0 aliphatic rings. The summed E-state index contributed by atoms with van der Waals surface area (Å²) in [6.45, 7) is -2.37. The molecular formula is C7H7BrFN. The first-order valence-electron chi connectivity index (χ1n) is 4.07. The Hall–Kier alpha value is -0.570. The smallest absolute Gasteiger partial charge is 0.137 e. The maximum absolute atomic E-state index is 12.9. The quantitative estimate of drug-likeness (QED) is 0.649. The van der Waals surface area contributed by atoms with Crippen LogP contribution in [0.25, 0.3) is 0 Å². The lowest BCUT2D eigenvalue weighted by Crippen LogP contribution is -1.90. The average molecular weight is 207 g/mol. The molecule has 1 nitrogen and oxygen atoms in total. The van der Waals surface area contributed by atoms with Crippen molar-refractivity contribution in [1.82, 2.24) is 0 Å². The zero-order valence-corrected chi connectivity index (χ0v) is 6.57. The lowest BCUT2D eigenvalue weighted by atomic mass is 10.2. The number of benzene rings is 1. The molecule has 0 radical (unpaired) electrons. The fourth-order valence-electron chi connectivity index (χ4n) is 0.562. The molecule has 54 valence electrons. The molecule has 1 aromatic carbocycles. The second kappa shape index (κ2) is 2.58. The van der Waals surface area contributed by atoms with E-state index in [1.165, 1.54) is 6.07 Å². The molecule has 0 aliphatic heterocycles. The number of aryl methyl sites for hydroxylation is 1. The molecule has 1 rings (SSSR count). The summed E-state index contributed by atoms with van der Waals surface area (Å²) < 4.78 is 34.3. The molecule has 0 saturated carbocycles. The Labute approximate surface area is 71.4 Å². The summed E-state index contributed by atoms with van der Waals surface area (Å²) >= 11 is 2.91. The van der Waals surface area contributed by atoms with Crippen LogP contribution >= 0.6 is 15.9 Å². The topological polar surface area (TPSA) is 26.0 Å². The van der Waals surface area contributed by atoms with Gasteiger partial charge in [-0.1, -0.05) is 0 Å². The van der Waals surface area contributed by atoms with E-state index in [0.717, 1.165) is 6.07 Å². The molecular weight excluding hydrogens is 197 g/mol. The highest BCUT2D eigenvalue weighted by Gasteiger charge is 2.00. The van der Waals surface area contributed by atoms with Crippen LogP contribution in [0.5, 0.6) is 0 Å². The van der Waals surface area contributed by atoms with Crippen LogP contribution in [0.1, 0.15) is 9.68 Å². The van der Waals surface area contributed by atoms with Crippen LogP contribution in [0.15, 0.2) is 16.6 Å². The molecule has 0 atom stereocenters. The Kier molecular flexibility index (Phi) is 1.12. The van der Waals surface area contributed by atoms with Gasteiger partial charge in [0.05, 0.1) is 4.47 Å². The van der Waals surface area contributed by atoms with Gasteiger partial charge in [-0.3, -0.25) is 0 Å². The van der Waals surface area contributed by atoms with E-state index in [1.807, 2.05) is 0 Å². The number of nitrogens with two attached hydrogens (primary N) is 1. The van der Waals surface area contributed by atoms with E-state index in [-0.39, 0.29) is 15.7 Å². The summed E-state index contributed by atoms with van der Waals surface area (Å²) in [5, 5.41) is 0. The van der Waals surface area contributed by atoms with Crippen molar-refractivity contribution in [3.63, 3.8) is 0 Å². The normalized spacial score (nSPS) is 15.6. The summed E-state index contributed by atoms with van der Waals surface area (Å²) in [6, 6.07) is 2.17. The Morgan fingerprint density at radius 1 is 1.70 bits per heavy atom. The highest BCUT2D eigenvalue weighted by atomic mass is 79.9. The third-order valence-electron chi connectivity index (χ3n) is 1.09. The zero-order chi connectivity index (χ0) is 10.2. The van der Waals surface area contributed by atoms with Crippen LogP contribution in [-0.2, 0) is 0 Å². The van der Waals surface area contributed by atoms with Gasteiger partial charge in [-0.05, 0) is 40.5 Å². The van der Waals surface area contributed by atoms with Crippen molar-refractivity contribution in [2.75, 3.05) is 5.73 Å². The lowest BCUT2D eigenvalue weighted by Gasteiger charge is -2.00. The van der Waals surface area contributed by atoms with Gasteiger partial charge < -0.3 is 5.73 Å². The fourth-order valence-corrected chi connectivity index (χ4v) is 0.923. The van der Waals surface area contributed by atoms with Gasteiger partial charge in [-0.15, -0.1) is 0 Å². The standard InChI is InChI=1S/C7H7BrFN/c1-4-2-6(9)5(8)3-7(4)10/h2-3H,10H2,1H3/i1D3. The molecule has 0 fully saturated rings. The molecule has 10 heavy (non-hydrogen) atoms. The van der Waals surface area contributed by atoms with Crippen molar-refractivity contribution < 1.29 is 8.50 Å². The Bertz CT molecular complexity index is 337. The van der Waals surface area contributed by atoms with Crippen molar-refractivity contribution >= 4 is 21.6 Å². The minimum absolute atomic E-state index is 0.0632. The molecule has 0 unspecified atom stereocenters. The molecule has 0 aromatic heterocycles. The highest BCUT2D eigenvalue weighted by Crippen LogP contribution is 2.21. The van der Waals surface area contributed by atoms with Crippen LogP contribution in [0, 0.1) is 12.7 Å². The van der Waals surface area contributed by atoms with E-state index in [0.29, 0.717) is 0 Å². The molecule has 0 bridgehead atoms. The first-order valence-corrected chi connectivity index (χ1v) is 3.36. The highest BCUT2D eigenvalue weighted by molar-refractivity contribution is 9.10. The number of halogens is 2. The molecule has 3 heteroatoms. The monoisotopic (exact) mass is 206 g/mol. The number of hydrogen-bond acceptors (Lipinski definition) is 1. The van der Waals surface area contributed by atoms with Crippen molar-refractivity contribution in [3.05, 3.63) is 28.0 Å².